The van der Waals surface area contributed by atoms with Crippen LogP contribution >= 0.6 is 0 Å². The Morgan fingerprint density at radius 3 is 2.50 bits per heavy atom. The zero-order valence-electron chi connectivity index (χ0n) is 9.13. The topological polar surface area (TPSA) is 30.5 Å². The molecule has 14 heavy (non-hydrogen) atoms. The summed E-state index contributed by atoms with van der Waals surface area (Å²) >= 11 is 0. The van der Waals surface area contributed by atoms with Gasteiger partial charge in [-0.2, -0.15) is 0 Å². The van der Waals surface area contributed by atoms with Crippen LogP contribution in [-0.4, -0.2) is 20.4 Å². The number of ether oxygens (including phenoxy) is 2. The third-order valence-electron chi connectivity index (χ3n) is 2.15. The molecule has 1 N–H and O–H groups in total. The van der Waals surface area contributed by atoms with Gasteiger partial charge in [0.25, 0.3) is 0 Å². The fourth-order valence-electron chi connectivity index (χ4n) is 1.20. The molecule has 0 bridgehead atoms. The van der Waals surface area contributed by atoms with E-state index in [0.717, 1.165) is 17.0 Å². The van der Waals surface area contributed by atoms with Crippen molar-refractivity contribution in [3.63, 3.8) is 0 Å². The molecule has 0 fully saturated rings. The number of methoxy groups -OCH3 is 2. The van der Waals surface area contributed by atoms with Crippen molar-refractivity contribution in [3.05, 3.63) is 23.8 Å². The summed E-state index contributed by atoms with van der Waals surface area (Å²) in [7, 11) is 3.34. The maximum Gasteiger partial charge on any atom is 0.124 e. The van der Waals surface area contributed by atoms with E-state index >= 15 is 0 Å². The highest BCUT2D eigenvalue weighted by atomic mass is 16.5. The van der Waals surface area contributed by atoms with Crippen molar-refractivity contribution in [2.45, 2.75) is 20.1 Å². The minimum atomic E-state index is 0.0158. The van der Waals surface area contributed by atoms with E-state index in [9.17, 15) is 0 Å². The van der Waals surface area contributed by atoms with Crippen molar-refractivity contribution in [1.29, 1.82) is 0 Å². The number of rotatable bonds is 4. The van der Waals surface area contributed by atoms with Crippen LogP contribution in [0.3, 0.4) is 0 Å². The molecule has 0 spiro atoms. The standard InChI is InChI=1S/C11H17NO2/c1-8-7-10(14-4)5-6-11(8)12-9(2)13-3/h5-7,9,12H,1-4H3. The third kappa shape index (κ3) is 2.64. The van der Waals surface area contributed by atoms with Crippen LogP contribution in [0.2, 0.25) is 0 Å². The Morgan fingerprint density at radius 2 is 2.00 bits per heavy atom. The normalized spacial score (nSPS) is 12.3. The molecule has 0 aromatic heterocycles. The monoisotopic (exact) mass is 195 g/mol. The Labute approximate surface area is 85.0 Å². The number of hydrogen-bond donors (Lipinski definition) is 1. The minimum absolute atomic E-state index is 0.0158. The van der Waals surface area contributed by atoms with Gasteiger partial charge in [-0.15, -0.1) is 0 Å². The molecule has 0 aliphatic rings. The molecule has 0 radical (unpaired) electrons. The Bertz CT molecular complexity index is 299. The Morgan fingerprint density at radius 1 is 1.29 bits per heavy atom. The summed E-state index contributed by atoms with van der Waals surface area (Å²) in [6.07, 6.45) is 0.0158. The lowest BCUT2D eigenvalue weighted by molar-refractivity contribution is 0.141. The predicted molar refractivity (Wildman–Crippen MR) is 57.8 cm³/mol. The Balaban J connectivity index is 2.78. The van der Waals surface area contributed by atoms with Crippen LogP contribution < -0.4 is 10.1 Å². The van der Waals surface area contributed by atoms with E-state index in [1.54, 1.807) is 14.2 Å². The number of aryl methyl sites for hydroxylation is 1. The highest BCUT2D eigenvalue weighted by Crippen LogP contribution is 2.21. The van der Waals surface area contributed by atoms with Gasteiger partial charge in [0.1, 0.15) is 12.0 Å². The van der Waals surface area contributed by atoms with Crippen molar-refractivity contribution in [1.82, 2.24) is 0 Å². The maximum atomic E-state index is 5.12. The van der Waals surface area contributed by atoms with E-state index in [-0.39, 0.29) is 6.23 Å². The largest absolute Gasteiger partial charge is 0.497 e. The van der Waals surface area contributed by atoms with Crippen LogP contribution in [0.15, 0.2) is 18.2 Å². The molecule has 1 aromatic rings. The lowest BCUT2D eigenvalue weighted by Crippen LogP contribution is -2.17. The van der Waals surface area contributed by atoms with Crippen LogP contribution in [0.4, 0.5) is 5.69 Å². The molecule has 0 amide bonds. The predicted octanol–water partition coefficient (Wildman–Crippen LogP) is 2.41. The Kier molecular flexibility index (Phi) is 3.77. The van der Waals surface area contributed by atoms with Gasteiger partial charge in [0.15, 0.2) is 0 Å². The molecular weight excluding hydrogens is 178 g/mol. The van der Waals surface area contributed by atoms with Crippen LogP contribution in [0.1, 0.15) is 12.5 Å². The molecule has 1 atom stereocenters. The van der Waals surface area contributed by atoms with Gasteiger partial charge in [-0.1, -0.05) is 0 Å². The number of anilines is 1. The summed E-state index contributed by atoms with van der Waals surface area (Å²) in [6.45, 7) is 4.00. The van der Waals surface area contributed by atoms with Gasteiger partial charge in [-0.25, -0.2) is 0 Å². The smallest absolute Gasteiger partial charge is 0.124 e. The van der Waals surface area contributed by atoms with E-state index < -0.39 is 0 Å². The van der Waals surface area contributed by atoms with Crippen molar-refractivity contribution in [2.24, 2.45) is 0 Å². The number of hydrogen-bond acceptors (Lipinski definition) is 3. The second-order valence-corrected chi connectivity index (χ2v) is 3.20. The van der Waals surface area contributed by atoms with E-state index in [2.05, 4.69) is 5.32 Å². The van der Waals surface area contributed by atoms with E-state index in [0.29, 0.717) is 0 Å². The number of nitrogens with one attached hydrogen (secondary N) is 1. The number of benzene rings is 1. The van der Waals surface area contributed by atoms with E-state index in [1.807, 2.05) is 32.0 Å². The summed E-state index contributed by atoms with van der Waals surface area (Å²) in [4.78, 5) is 0. The molecule has 0 aliphatic carbocycles. The van der Waals surface area contributed by atoms with Crippen molar-refractivity contribution in [3.8, 4) is 5.75 Å². The van der Waals surface area contributed by atoms with Gasteiger partial charge >= 0.3 is 0 Å². The maximum absolute atomic E-state index is 5.12. The quantitative estimate of drug-likeness (QED) is 0.748. The zero-order chi connectivity index (χ0) is 10.6. The van der Waals surface area contributed by atoms with Crippen molar-refractivity contribution >= 4 is 5.69 Å². The fraction of sp³-hybridized carbons (Fsp3) is 0.455. The lowest BCUT2D eigenvalue weighted by Gasteiger charge is -2.15. The molecular formula is C11H17NO2. The fourth-order valence-corrected chi connectivity index (χ4v) is 1.20. The second kappa shape index (κ2) is 4.86. The molecule has 0 heterocycles. The SMILES string of the molecule is COc1ccc(NC(C)OC)c(C)c1. The molecule has 0 aliphatic heterocycles. The zero-order valence-corrected chi connectivity index (χ0v) is 9.13. The summed E-state index contributed by atoms with van der Waals surface area (Å²) < 4.78 is 10.2. The molecule has 0 saturated heterocycles. The van der Waals surface area contributed by atoms with Gasteiger partial charge in [0.2, 0.25) is 0 Å². The van der Waals surface area contributed by atoms with Crippen LogP contribution in [0, 0.1) is 6.92 Å². The molecule has 0 saturated carbocycles. The van der Waals surface area contributed by atoms with Gasteiger partial charge in [0, 0.05) is 12.8 Å². The first kappa shape index (κ1) is 10.9. The Hall–Kier alpha value is -1.22. The molecule has 3 heteroatoms. The van der Waals surface area contributed by atoms with Crippen molar-refractivity contribution in [2.75, 3.05) is 19.5 Å². The molecule has 1 aromatic carbocycles. The first-order valence-corrected chi connectivity index (χ1v) is 4.61. The first-order chi connectivity index (χ1) is 6.67. The second-order valence-electron chi connectivity index (χ2n) is 3.20. The average Bonchev–Trinajstić information content (AvgIpc) is 2.20. The van der Waals surface area contributed by atoms with E-state index in [4.69, 9.17) is 9.47 Å². The van der Waals surface area contributed by atoms with Crippen LogP contribution in [0.25, 0.3) is 0 Å². The summed E-state index contributed by atoms with van der Waals surface area (Å²) in [5.41, 5.74) is 2.22. The minimum Gasteiger partial charge on any atom is -0.497 e. The van der Waals surface area contributed by atoms with Crippen LogP contribution in [-0.2, 0) is 4.74 Å². The van der Waals surface area contributed by atoms with Gasteiger partial charge in [-0.05, 0) is 37.6 Å². The van der Waals surface area contributed by atoms with Gasteiger partial charge in [0.05, 0.1) is 7.11 Å². The third-order valence-corrected chi connectivity index (χ3v) is 2.15. The summed E-state index contributed by atoms with van der Waals surface area (Å²) in [5, 5.41) is 3.23. The first-order valence-electron chi connectivity index (χ1n) is 4.61. The molecule has 1 rings (SSSR count). The molecule has 1 unspecified atom stereocenters. The molecule has 3 nitrogen and oxygen atoms in total. The highest BCUT2D eigenvalue weighted by molar-refractivity contribution is 5.53. The van der Waals surface area contributed by atoms with E-state index in [1.165, 1.54) is 0 Å². The van der Waals surface area contributed by atoms with Gasteiger partial charge < -0.3 is 14.8 Å². The average molecular weight is 195 g/mol. The lowest BCUT2D eigenvalue weighted by atomic mass is 10.2. The summed E-state index contributed by atoms with van der Waals surface area (Å²) in [6, 6.07) is 5.91. The summed E-state index contributed by atoms with van der Waals surface area (Å²) in [5.74, 6) is 0.873. The van der Waals surface area contributed by atoms with Crippen LogP contribution in [0.5, 0.6) is 5.75 Å². The van der Waals surface area contributed by atoms with Crippen molar-refractivity contribution < 1.29 is 9.47 Å². The van der Waals surface area contributed by atoms with Gasteiger partial charge in [-0.3, -0.25) is 0 Å². The molecule has 78 valence electrons. The highest BCUT2D eigenvalue weighted by Gasteiger charge is 2.03.